The maximum absolute atomic E-state index is 13.3. The summed E-state index contributed by atoms with van der Waals surface area (Å²) in [7, 11) is 0. The van der Waals surface area contributed by atoms with Crippen LogP contribution in [0, 0.1) is 17.5 Å². The first-order valence-corrected chi connectivity index (χ1v) is 5.04. The molecule has 1 unspecified atom stereocenters. The normalized spacial score (nSPS) is 12.6. The molecule has 1 atom stereocenters. The summed E-state index contributed by atoms with van der Waals surface area (Å²) in [6.45, 7) is 1.53. The van der Waals surface area contributed by atoms with E-state index in [2.05, 4.69) is 15.9 Å². The third-order valence-corrected chi connectivity index (χ3v) is 2.84. The molecule has 5 heteroatoms. The van der Waals surface area contributed by atoms with Crippen molar-refractivity contribution in [3.05, 3.63) is 33.6 Å². The van der Waals surface area contributed by atoms with Crippen LogP contribution in [0.4, 0.5) is 13.2 Å². The Morgan fingerprint density at radius 2 is 2.00 bits per heavy atom. The van der Waals surface area contributed by atoms with Crippen LogP contribution in [-0.2, 0) is 4.79 Å². The van der Waals surface area contributed by atoms with Crippen molar-refractivity contribution in [1.29, 1.82) is 0 Å². The maximum Gasteiger partial charge on any atom is 0.176 e. The Kier molecular flexibility index (Phi) is 3.90. The van der Waals surface area contributed by atoms with Crippen LogP contribution in [0.3, 0.4) is 0 Å². The zero-order valence-electron chi connectivity index (χ0n) is 7.86. The number of benzene rings is 1. The van der Waals surface area contributed by atoms with Crippen LogP contribution in [0.5, 0.6) is 0 Å². The summed E-state index contributed by atoms with van der Waals surface area (Å²) in [4.78, 5) is 10.2. The molecule has 1 aromatic carbocycles. The van der Waals surface area contributed by atoms with Crippen LogP contribution in [0.15, 0.2) is 10.5 Å². The first kappa shape index (κ1) is 12.2. The number of carbonyl (C=O) groups is 1. The number of halogens is 4. The van der Waals surface area contributed by atoms with Crippen LogP contribution in [0.2, 0.25) is 0 Å². The molecule has 0 saturated carbocycles. The first-order valence-electron chi connectivity index (χ1n) is 4.25. The molecule has 15 heavy (non-hydrogen) atoms. The molecule has 0 N–H and O–H groups in total. The van der Waals surface area contributed by atoms with Gasteiger partial charge in [0.15, 0.2) is 11.6 Å². The summed E-state index contributed by atoms with van der Waals surface area (Å²) in [6, 6.07) is 0.899. The lowest BCUT2D eigenvalue weighted by molar-refractivity contribution is -0.108. The number of hydrogen-bond donors (Lipinski definition) is 0. The Labute approximate surface area is 93.4 Å². The van der Waals surface area contributed by atoms with Gasteiger partial charge in [-0.05, 0) is 33.5 Å². The van der Waals surface area contributed by atoms with Gasteiger partial charge in [0.25, 0.3) is 0 Å². The van der Waals surface area contributed by atoms with E-state index in [0.717, 1.165) is 6.07 Å². The molecule has 0 heterocycles. The summed E-state index contributed by atoms with van der Waals surface area (Å²) in [5.41, 5.74) is -0.125. The van der Waals surface area contributed by atoms with Gasteiger partial charge in [-0.3, -0.25) is 0 Å². The van der Waals surface area contributed by atoms with Crippen molar-refractivity contribution in [2.24, 2.45) is 0 Å². The molecular formula is C10H8BrF3O. The minimum atomic E-state index is -1.26. The van der Waals surface area contributed by atoms with E-state index < -0.39 is 27.8 Å². The molecule has 82 valence electrons. The van der Waals surface area contributed by atoms with E-state index in [9.17, 15) is 18.0 Å². The van der Waals surface area contributed by atoms with E-state index in [4.69, 9.17) is 0 Å². The van der Waals surface area contributed by atoms with Crippen molar-refractivity contribution >= 4 is 22.2 Å². The van der Waals surface area contributed by atoms with Gasteiger partial charge in [-0.1, -0.05) is 6.92 Å². The highest BCUT2D eigenvalue weighted by Gasteiger charge is 2.20. The van der Waals surface area contributed by atoms with Gasteiger partial charge in [0.1, 0.15) is 12.1 Å². The molecule has 1 rings (SSSR count). The zero-order chi connectivity index (χ0) is 11.6. The first-order chi connectivity index (χ1) is 6.99. The molecule has 1 nitrogen and oxygen atoms in total. The lowest BCUT2D eigenvalue weighted by atomic mass is 9.97. The average molecular weight is 281 g/mol. The highest BCUT2D eigenvalue weighted by atomic mass is 79.9. The van der Waals surface area contributed by atoms with Crippen molar-refractivity contribution in [3.63, 3.8) is 0 Å². The second kappa shape index (κ2) is 4.79. The van der Waals surface area contributed by atoms with E-state index >= 15 is 0 Å². The van der Waals surface area contributed by atoms with Crippen LogP contribution < -0.4 is 0 Å². The van der Waals surface area contributed by atoms with Crippen molar-refractivity contribution in [2.75, 3.05) is 0 Å². The Balaban J connectivity index is 3.25. The van der Waals surface area contributed by atoms with Crippen molar-refractivity contribution < 1.29 is 18.0 Å². The standard InChI is InChI=1S/C10H8BrF3O/c1-5(2-3-15)6-4-7(12)8(11)10(14)9(6)13/h3-5H,2H2,1H3. The summed E-state index contributed by atoms with van der Waals surface area (Å²) in [5, 5.41) is 0. The third kappa shape index (κ3) is 2.40. The molecule has 0 fully saturated rings. The Hall–Kier alpha value is -0.840. The van der Waals surface area contributed by atoms with Crippen LogP contribution in [0.1, 0.15) is 24.8 Å². The summed E-state index contributed by atoms with van der Waals surface area (Å²) in [6.07, 6.45) is 0.611. The molecule has 0 radical (unpaired) electrons. The van der Waals surface area contributed by atoms with Gasteiger partial charge in [-0.25, -0.2) is 13.2 Å². The predicted molar refractivity (Wildman–Crippen MR) is 53.1 cm³/mol. The number of hydrogen-bond acceptors (Lipinski definition) is 1. The lowest BCUT2D eigenvalue weighted by Gasteiger charge is -2.11. The summed E-state index contributed by atoms with van der Waals surface area (Å²) >= 11 is 2.59. The van der Waals surface area contributed by atoms with E-state index in [1.54, 1.807) is 0 Å². The van der Waals surface area contributed by atoms with Crippen molar-refractivity contribution in [1.82, 2.24) is 0 Å². The molecule has 0 aromatic heterocycles. The zero-order valence-corrected chi connectivity index (χ0v) is 9.45. The highest BCUT2D eigenvalue weighted by Crippen LogP contribution is 2.29. The number of aldehydes is 1. The molecule has 0 spiro atoms. The Morgan fingerprint density at radius 3 is 2.53 bits per heavy atom. The second-order valence-corrected chi connectivity index (χ2v) is 3.99. The van der Waals surface area contributed by atoms with Crippen LogP contribution in [-0.4, -0.2) is 6.29 Å². The third-order valence-electron chi connectivity index (χ3n) is 2.11. The smallest absolute Gasteiger partial charge is 0.176 e. The molecule has 0 aliphatic heterocycles. The average Bonchev–Trinajstić information content (AvgIpc) is 2.20. The van der Waals surface area contributed by atoms with E-state index in [-0.39, 0.29) is 12.0 Å². The van der Waals surface area contributed by atoms with E-state index in [0.29, 0.717) is 6.29 Å². The van der Waals surface area contributed by atoms with E-state index in [1.807, 2.05) is 0 Å². The maximum atomic E-state index is 13.3. The minimum Gasteiger partial charge on any atom is -0.303 e. The monoisotopic (exact) mass is 280 g/mol. The molecule has 0 bridgehead atoms. The highest BCUT2D eigenvalue weighted by molar-refractivity contribution is 9.10. The molecule has 1 aromatic rings. The molecule has 0 aliphatic carbocycles. The van der Waals surface area contributed by atoms with E-state index in [1.165, 1.54) is 6.92 Å². The van der Waals surface area contributed by atoms with Gasteiger partial charge in [0.05, 0.1) is 4.47 Å². The minimum absolute atomic E-state index is 0.0252. The topological polar surface area (TPSA) is 17.1 Å². The Morgan fingerprint density at radius 1 is 1.40 bits per heavy atom. The molecule has 0 saturated heterocycles. The van der Waals surface area contributed by atoms with Gasteiger partial charge >= 0.3 is 0 Å². The predicted octanol–water partition coefficient (Wildman–Crippen LogP) is 3.56. The van der Waals surface area contributed by atoms with Gasteiger partial charge in [-0.15, -0.1) is 0 Å². The van der Waals surface area contributed by atoms with Crippen LogP contribution >= 0.6 is 15.9 Å². The quantitative estimate of drug-likeness (QED) is 0.470. The SMILES string of the molecule is CC(CC=O)c1cc(F)c(Br)c(F)c1F. The fourth-order valence-electron chi connectivity index (χ4n) is 1.22. The summed E-state index contributed by atoms with van der Waals surface area (Å²) in [5.74, 6) is -3.79. The summed E-state index contributed by atoms with van der Waals surface area (Å²) < 4.78 is 39.0. The number of rotatable bonds is 3. The molecule has 0 aliphatic rings. The van der Waals surface area contributed by atoms with Crippen LogP contribution in [0.25, 0.3) is 0 Å². The number of carbonyl (C=O) groups excluding carboxylic acids is 1. The molecular weight excluding hydrogens is 273 g/mol. The van der Waals surface area contributed by atoms with Crippen molar-refractivity contribution in [2.45, 2.75) is 19.3 Å². The fourth-order valence-corrected chi connectivity index (χ4v) is 1.51. The second-order valence-electron chi connectivity index (χ2n) is 3.19. The largest absolute Gasteiger partial charge is 0.303 e. The van der Waals surface area contributed by atoms with Crippen molar-refractivity contribution in [3.8, 4) is 0 Å². The Bertz CT molecular complexity index is 393. The fraction of sp³-hybridized carbons (Fsp3) is 0.300. The van der Waals surface area contributed by atoms with Gasteiger partial charge in [0.2, 0.25) is 0 Å². The van der Waals surface area contributed by atoms with Gasteiger partial charge in [-0.2, -0.15) is 0 Å². The lowest BCUT2D eigenvalue weighted by Crippen LogP contribution is -2.03. The van der Waals surface area contributed by atoms with Gasteiger partial charge in [0, 0.05) is 6.42 Å². The molecule has 0 amide bonds. The van der Waals surface area contributed by atoms with Gasteiger partial charge < -0.3 is 4.79 Å².